The maximum Gasteiger partial charge on any atom is 0.201 e. The molecule has 0 spiro atoms. The van der Waals surface area contributed by atoms with Gasteiger partial charge >= 0.3 is 0 Å². The molecule has 12 heteroatoms. The van der Waals surface area contributed by atoms with Gasteiger partial charge in [-0.3, -0.25) is 19.2 Å². The number of ether oxygens (including phenoxy) is 2. The second-order valence-corrected chi connectivity index (χ2v) is 10.6. The number of allylic oxidation sites excluding steroid dienone is 3. The number of phenols is 2. The number of fused-ring (bicyclic) bond motifs is 2. The Hall–Kier alpha value is -3.42. The van der Waals surface area contributed by atoms with Crippen molar-refractivity contribution in [3.8, 4) is 11.5 Å². The van der Waals surface area contributed by atoms with Crippen molar-refractivity contribution < 1.29 is 54.2 Å². The van der Waals surface area contributed by atoms with Gasteiger partial charge in [0, 0.05) is 47.6 Å². The highest BCUT2D eigenvalue weighted by atomic mass is 16.5. The quantitative estimate of drug-likeness (QED) is 0.264. The van der Waals surface area contributed by atoms with Crippen LogP contribution in [0, 0.1) is 0 Å². The van der Waals surface area contributed by atoms with E-state index >= 15 is 0 Å². The largest absolute Gasteiger partial charge is 0.507 e. The number of carbonyl (C=O) groups is 4. The third kappa shape index (κ3) is 3.94. The number of hydrogen-bond donors (Lipinski definition) is 6. The summed E-state index contributed by atoms with van der Waals surface area (Å²) in [5, 5.41) is 54.1. The van der Waals surface area contributed by atoms with Crippen LogP contribution in [0.15, 0.2) is 23.0 Å². The monoisotopic (exact) mass is 543 g/mol. The van der Waals surface area contributed by atoms with Crippen molar-refractivity contribution in [1.82, 2.24) is 0 Å². The van der Waals surface area contributed by atoms with E-state index in [0.29, 0.717) is 0 Å². The van der Waals surface area contributed by atoms with E-state index in [-0.39, 0.29) is 40.9 Å². The number of aliphatic hydroxyl groups is 3. The second kappa shape index (κ2) is 9.35. The number of nitrogens with two attached hydrogens (primary N) is 1. The van der Waals surface area contributed by atoms with E-state index < -0.39 is 101 Å². The van der Waals surface area contributed by atoms with Gasteiger partial charge in [-0.15, -0.1) is 0 Å². The Labute approximate surface area is 222 Å². The zero-order valence-electron chi connectivity index (χ0n) is 21.3. The van der Waals surface area contributed by atoms with E-state index in [9.17, 15) is 44.7 Å². The highest BCUT2D eigenvalue weighted by Gasteiger charge is 2.52. The molecular formula is C27H29NO11. The highest BCUT2D eigenvalue weighted by Crippen LogP contribution is 2.54. The minimum Gasteiger partial charge on any atom is -0.507 e. The van der Waals surface area contributed by atoms with Crippen LogP contribution in [0.4, 0.5) is 0 Å². The molecule has 6 unspecified atom stereocenters. The minimum atomic E-state index is -2.21. The van der Waals surface area contributed by atoms with Crippen LogP contribution in [0.2, 0.25) is 0 Å². The Morgan fingerprint density at radius 1 is 1.18 bits per heavy atom. The molecule has 208 valence electrons. The highest BCUT2D eigenvalue weighted by molar-refractivity contribution is 6.32. The summed E-state index contributed by atoms with van der Waals surface area (Å²) in [6, 6.07) is -0.760. The fraction of sp³-hybridized carbons (Fsp3) is 0.481. The van der Waals surface area contributed by atoms with Crippen LogP contribution >= 0.6 is 0 Å². The molecule has 6 atom stereocenters. The van der Waals surface area contributed by atoms with Crippen molar-refractivity contribution in [3.05, 3.63) is 45.2 Å². The molecule has 3 aliphatic carbocycles. The van der Waals surface area contributed by atoms with Crippen LogP contribution in [0.25, 0.3) is 0 Å². The fourth-order valence-electron chi connectivity index (χ4n) is 6.31. The fourth-order valence-corrected chi connectivity index (χ4v) is 6.31. The Morgan fingerprint density at radius 3 is 2.46 bits per heavy atom. The number of carbonyl (C=O) groups excluding carboxylic acids is 4. The number of aliphatic hydroxyl groups excluding tert-OH is 2. The first-order chi connectivity index (χ1) is 18.3. The average molecular weight is 544 g/mol. The average Bonchev–Trinajstić information content (AvgIpc) is 2.90. The number of benzene rings is 1. The van der Waals surface area contributed by atoms with E-state index in [1.54, 1.807) is 6.92 Å². The summed E-state index contributed by atoms with van der Waals surface area (Å²) >= 11 is 0. The maximum absolute atomic E-state index is 13.7. The van der Waals surface area contributed by atoms with Crippen molar-refractivity contribution in [1.29, 1.82) is 0 Å². The van der Waals surface area contributed by atoms with Gasteiger partial charge in [0.15, 0.2) is 17.3 Å². The van der Waals surface area contributed by atoms with Gasteiger partial charge < -0.3 is 40.7 Å². The molecule has 12 nitrogen and oxygen atoms in total. The lowest BCUT2D eigenvalue weighted by molar-refractivity contribution is -0.150. The molecule has 39 heavy (non-hydrogen) atoms. The molecule has 4 aliphatic rings. The second-order valence-electron chi connectivity index (χ2n) is 10.6. The molecule has 0 radical (unpaired) electrons. The van der Waals surface area contributed by atoms with Crippen molar-refractivity contribution in [2.24, 2.45) is 5.73 Å². The van der Waals surface area contributed by atoms with Crippen LogP contribution in [-0.4, -0.2) is 92.3 Å². The number of aromatic hydroxyl groups is 2. The molecule has 0 bridgehead atoms. The van der Waals surface area contributed by atoms with Crippen molar-refractivity contribution >= 4 is 23.1 Å². The van der Waals surface area contributed by atoms with Crippen LogP contribution in [-0.2, 0) is 25.5 Å². The zero-order valence-corrected chi connectivity index (χ0v) is 21.3. The van der Waals surface area contributed by atoms with E-state index in [1.165, 1.54) is 7.11 Å². The summed E-state index contributed by atoms with van der Waals surface area (Å²) in [6.07, 6.45) is -2.89. The van der Waals surface area contributed by atoms with Crippen molar-refractivity contribution in [2.75, 3.05) is 13.7 Å². The van der Waals surface area contributed by atoms with Crippen molar-refractivity contribution in [3.63, 3.8) is 0 Å². The van der Waals surface area contributed by atoms with E-state index in [2.05, 4.69) is 0 Å². The third-order valence-electron chi connectivity index (χ3n) is 8.28. The number of ketones is 4. The normalized spacial score (nSPS) is 32.3. The van der Waals surface area contributed by atoms with Gasteiger partial charge in [-0.1, -0.05) is 0 Å². The van der Waals surface area contributed by atoms with E-state index in [0.717, 1.165) is 6.08 Å². The van der Waals surface area contributed by atoms with Gasteiger partial charge in [0.25, 0.3) is 0 Å². The number of phenolic OH excluding ortho intramolecular Hbond substituents is 2. The number of Topliss-reactive ketones (excluding diaryl/α,β-unsaturated/α-hetero) is 3. The van der Waals surface area contributed by atoms with E-state index in [4.69, 9.17) is 15.2 Å². The lowest BCUT2D eigenvalue weighted by Crippen LogP contribution is -2.55. The summed E-state index contributed by atoms with van der Waals surface area (Å²) < 4.78 is 11.1. The van der Waals surface area contributed by atoms with E-state index in [1.807, 2.05) is 0 Å². The van der Waals surface area contributed by atoms with Gasteiger partial charge in [-0.05, 0) is 19.8 Å². The van der Waals surface area contributed by atoms with Gasteiger partial charge in [0.2, 0.25) is 5.78 Å². The number of hydrogen-bond acceptors (Lipinski definition) is 12. The molecule has 1 aromatic carbocycles. The van der Waals surface area contributed by atoms with Crippen LogP contribution < -0.4 is 5.73 Å². The van der Waals surface area contributed by atoms with Crippen LogP contribution in [0.3, 0.4) is 0 Å². The zero-order chi connectivity index (χ0) is 28.5. The molecule has 5 rings (SSSR count). The molecule has 0 saturated carbocycles. The van der Waals surface area contributed by atoms with Crippen LogP contribution in [0.5, 0.6) is 11.5 Å². The van der Waals surface area contributed by atoms with Crippen molar-refractivity contribution in [2.45, 2.75) is 68.5 Å². The first-order valence-corrected chi connectivity index (χ1v) is 12.5. The molecular weight excluding hydrogens is 514 g/mol. The van der Waals surface area contributed by atoms with Gasteiger partial charge in [0.05, 0.1) is 42.1 Å². The van der Waals surface area contributed by atoms with Crippen LogP contribution in [0.1, 0.15) is 63.9 Å². The Kier molecular flexibility index (Phi) is 6.51. The molecule has 1 aromatic rings. The Morgan fingerprint density at radius 2 is 1.85 bits per heavy atom. The number of methoxy groups -OCH3 is 1. The maximum atomic E-state index is 13.7. The summed E-state index contributed by atoms with van der Waals surface area (Å²) in [7, 11) is 1.22. The summed E-state index contributed by atoms with van der Waals surface area (Å²) in [4.78, 5) is 52.2. The third-order valence-corrected chi connectivity index (χ3v) is 8.28. The topological polar surface area (TPSA) is 214 Å². The summed E-state index contributed by atoms with van der Waals surface area (Å²) in [5.74, 6) is -5.73. The predicted molar refractivity (Wildman–Crippen MR) is 131 cm³/mol. The standard InChI is InChI=1S/C27H29NO11/c1-9-22(32)14(28)5-15(39-9)12-6-27(37,17(31)8-29)7-13-18(12)25(35)21-20(24(13)34)23(33)11-3-10(30)4-16(38-2)19(11)26(21)36/h4,9,12,14-15,22,29,32,34-35,37H,3,5-8,28H2,1-2H3. The molecule has 0 aromatic heterocycles. The lowest BCUT2D eigenvalue weighted by atomic mass is 9.66. The SMILES string of the molecule is COC1=CC(=O)CC2=C1C(=O)c1c(O)c3c(c(O)c1C2=O)CC(O)(C(=O)CO)CC3C1CC(N)C(O)C(C)O1. The first kappa shape index (κ1) is 27.2. The minimum absolute atomic E-state index is 0.0116. The van der Waals surface area contributed by atoms with Gasteiger partial charge in [0.1, 0.15) is 29.5 Å². The molecule has 0 amide bonds. The Bertz CT molecular complexity index is 1380. The summed E-state index contributed by atoms with van der Waals surface area (Å²) in [6.45, 7) is 0.563. The summed E-state index contributed by atoms with van der Waals surface area (Å²) in [5.41, 5.74) is 2.27. The first-order valence-electron chi connectivity index (χ1n) is 12.5. The molecule has 1 aliphatic heterocycles. The van der Waals surface area contributed by atoms with Gasteiger partial charge in [-0.2, -0.15) is 0 Å². The molecule has 1 fully saturated rings. The predicted octanol–water partition coefficient (Wildman–Crippen LogP) is -0.536. The molecule has 1 saturated heterocycles. The van der Waals surface area contributed by atoms with Gasteiger partial charge in [-0.25, -0.2) is 0 Å². The smallest absolute Gasteiger partial charge is 0.201 e. The molecule has 1 heterocycles. The Balaban J connectivity index is 1.74. The number of rotatable bonds is 4. The lowest BCUT2D eigenvalue weighted by Gasteiger charge is -2.45. The molecule has 7 N–H and O–H groups in total.